The van der Waals surface area contributed by atoms with Crippen LogP contribution in [0.2, 0.25) is 0 Å². The Balaban J connectivity index is 1.88. The molecule has 18 heavy (non-hydrogen) atoms. The highest BCUT2D eigenvalue weighted by Crippen LogP contribution is 2.41. The van der Waals surface area contributed by atoms with Crippen molar-refractivity contribution in [3.63, 3.8) is 0 Å². The first-order valence-corrected chi connectivity index (χ1v) is 6.09. The summed E-state index contributed by atoms with van der Waals surface area (Å²) in [5.41, 5.74) is 2.81. The van der Waals surface area contributed by atoms with Crippen molar-refractivity contribution in [2.24, 2.45) is 0 Å². The largest absolute Gasteiger partial charge is 0.508 e. The summed E-state index contributed by atoms with van der Waals surface area (Å²) in [7, 11) is 0. The number of hydrogen-bond acceptors (Lipinski definition) is 4. The zero-order valence-electron chi connectivity index (χ0n) is 9.95. The maximum absolute atomic E-state index is 9.26. The Bertz CT molecular complexity index is 544. The van der Waals surface area contributed by atoms with Crippen LogP contribution in [0, 0.1) is 0 Å². The number of phenols is 1. The number of nitrogens with zero attached hydrogens (tertiary/aromatic N) is 3. The van der Waals surface area contributed by atoms with Crippen LogP contribution >= 0.6 is 0 Å². The van der Waals surface area contributed by atoms with Crippen LogP contribution in [0.1, 0.15) is 35.7 Å². The van der Waals surface area contributed by atoms with Crippen molar-refractivity contribution in [1.29, 1.82) is 0 Å². The summed E-state index contributed by atoms with van der Waals surface area (Å²) in [4.78, 5) is 0. The summed E-state index contributed by atoms with van der Waals surface area (Å²) < 4.78 is 1.86. The molecule has 5 heteroatoms. The molecule has 0 bridgehead atoms. The van der Waals surface area contributed by atoms with Crippen molar-refractivity contribution in [1.82, 2.24) is 15.0 Å². The molecule has 1 fully saturated rings. The molecule has 1 saturated carbocycles. The van der Waals surface area contributed by atoms with Crippen molar-refractivity contribution >= 4 is 0 Å². The number of aromatic nitrogens is 3. The van der Waals surface area contributed by atoms with E-state index in [4.69, 9.17) is 0 Å². The molecule has 94 valence electrons. The zero-order valence-corrected chi connectivity index (χ0v) is 9.95. The van der Waals surface area contributed by atoms with E-state index in [1.165, 1.54) is 0 Å². The summed E-state index contributed by atoms with van der Waals surface area (Å²) >= 11 is 0. The highest BCUT2D eigenvalue weighted by molar-refractivity contribution is 5.27. The van der Waals surface area contributed by atoms with Gasteiger partial charge in [0.25, 0.3) is 0 Å². The molecular weight excluding hydrogens is 230 g/mol. The topological polar surface area (TPSA) is 71.2 Å². The fourth-order valence-corrected chi connectivity index (χ4v) is 2.16. The second-order valence-corrected chi connectivity index (χ2v) is 4.68. The first-order chi connectivity index (χ1) is 8.78. The molecule has 1 aliphatic carbocycles. The molecule has 1 aliphatic rings. The second-order valence-electron chi connectivity index (χ2n) is 4.68. The maximum Gasteiger partial charge on any atom is 0.115 e. The molecule has 0 saturated heterocycles. The Hall–Kier alpha value is -1.88. The van der Waals surface area contributed by atoms with Crippen LogP contribution in [0.15, 0.2) is 24.3 Å². The van der Waals surface area contributed by atoms with Gasteiger partial charge in [-0.2, -0.15) is 0 Å². The molecule has 0 aliphatic heterocycles. The lowest BCUT2D eigenvalue weighted by Crippen LogP contribution is -2.06. The second kappa shape index (κ2) is 4.42. The lowest BCUT2D eigenvalue weighted by atomic mass is 10.2. The van der Waals surface area contributed by atoms with Gasteiger partial charge in [0.05, 0.1) is 18.8 Å². The minimum absolute atomic E-state index is 0.0542. The van der Waals surface area contributed by atoms with Crippen molar-refractivity contribution in [3.05, 3.63) is 41.2 Å². The van der Waals surface area contributed by atoms with Crippen molar-refractivity contribution in [2.45, 2.75) is 31.9 Å². The molecule has 3 rings (SSSR count). The third-order valence-corrected chi connectivity index (χ3v) is 3.23. The van der Waals surface area contributed by atoms with Gasteiger partial charge in [0.1, 0.15) is 11.4 Å². The van der Waals surface area contributed by atoms with E-state index >= 15 is 0 Å². The number of rotatable bonds is 4. The van der Waals surface area contributed by atoms with Crippen LogP contribution in [-0.4, -0.2) is 25.2 Å². The predicted octanol–water partition coefficient (Wildman–Crippen LogP) is 1.40. The van der Waals surface area contributed by atoms with Gasteiger partial charge in [0, 0.05) is 5.92 Å². The van der Waals surface area contributed by atoms with E-state index < -0.39 is 0 Å². The van der Waals surface area contributed by atoms with Crippen LogP contribution in [0.5, 0.6) is 5.75 Å². The first kappa shape index (κ1) is 11.2. The van der Waals surface area contributed by atoms with Gasteiger partial charge in [-0.3, -0.25) is 0 Å². The molecule has 1 aromatic heterocycles. The first-order valence-electron chi connectivity index (χ1n) is 6.09. The van der Waals surface area contributed by atoms with Gasteiger partial charge in [0.2, 0.25) is 0 Å². The molecule has 0 unspecified atom stereocenters. The Morgan fingerprint density at radius 1 is 1.22 bits per heavy atom. The third kappa shape index (κ3) is 2.09. The average Bonchev–Trinajstić information content (AvgIpc) is 3.14. The number of aromatic hydroxyl groups is 1. The lowest BCUT2D eigenvalue weighted by Gasteiger charge is -2.06. The fourth-order valence-electron chi connectivity index (χ4n) is 2.16. The fraction of sp³-hybridized carbons (Fsp3) is 0.385. The summed E-state index contributed by atoms with van der Waals surface area (Å²) in [6.45, 7) is 0.570. The monoisotopic (exact) mass is 245 g/mol. The summed E-state index contributed by atoms with van der Waals surface area (Å²) in [5, 5.41) is 26.6. The number of phenolic OH excluding ortho intramolecular Hbond substituents is 1. The molecule has 2 aromatic rings. The van der Waals surface area contributed by atoms with Crippen LogP contribution in [0.4, 0.5) is 0 Å². The zero-order chi connectivity index (χ0) is 12.5. The van der Waals surface area contributed by atoms with E-state index in [1.807, 2.05) is 16.8 Å². The van der Waals surface area contributed by atoms with Gasteiger partial charge in [-0.1, -0.05) is 17.3 Å². The maximum atomic E-state index is 9.26. The lowest BCUT2D eigenvalue weighted by molar-refractivity contribution is 0.275. The Morgan fingerprint density at radius 2 is 1.94 bits per heavy atom. The van der Waals surface area contributed by atoms with Crippen LogP contribution < -0.4 is 0 Å². The predicted molar refractivity (Wildman–Crippen MR) is 65.1 cm³/mol. The normalized spacial score (nSPS) is 14.9. The number of aliphatic hydroxyl groups excluding tert-OH is 1. The van der Waals surface area contributed by atoms with Gasteiger partial charge < -0.3 is 10.2 Å². The van der Waals surface area contributed by atoms with E-state index in [0.717, 1.165) is 24.1 Å². The standard InChI is InChI=1S/C13H15N3O2/c17-8-12-13(10-3-4-10)16(15-14-12)7-9-1-5-11(18)6-2-9/h1-2,5-6,10,17-18H,3-4,7-8H2. The molecule has 5 nitrogen and oxygen atoms in total. The summed E-state index contributed by atoms with van der Waals surface area (Å²) in [6.07, 6.45) is 2.30. The Kier molecular flexibility index (Phi) is 2.76. The highest BCUT2D eigenvalue weighted by Gasteiger charge is 2.30. The van der Waals surface area contributed by atoms with Gasteiger partial charge in [-0.15, -0.1) is 5.10 Å². The van der Waals surface area contributed by atoms with E-state index in [9.17, 15) is 10.2 Å². The van der Waals surface area contributed by atoms with E-state index in [0.29, 0.717) is 18.2 Å². The molecule has 0 spiro atoms. The van der Waals surface area contributed by atoms with Crippen LogP contribution in [0.3, 0.4) is 0 Å². The van der Waals surface area contributed by atoms with Crippen LogP contribution in [0.25, 0.3) is 0 Å². The number of benzene rings is 1. The molecule has 0 atom stereocenters. The van der Waals surface area contributed by atoms with Crippen molar-refractivity contribution in [2.75, 3.05) is 0 Å². The minimum atomic E-state index is -0.0542. The molecule has 0 amide bonds. The number of aliphatic hydroxyl groups is 1. The smallest absolute Gasteiger partial charge is 0.115 e. The average molecular weight is 245 g/mol. The van der Waals surface area contributed by atoms with Gasteiger partial charge >= 0.3 is 0 Å². The van der Waals surface area contributed by atoms with E-state index in [2.05, 4.69) is 10.3 Å². The van der Waals surface area contributed by atoms with Gasteiger partial charge in [0.15, 0.2) is 0 Å². The highest BCUT2D eigenvalue weighted by atomic mass is 16.3. The van der Waals surface area contributed by atoms with Gasteiger partial charge in [-0.25, -0.2) is 4.68 Å². The molecule has 1 heterocycles. The molecule has 2 N–H and O–H groups in total. The summed E-state index contributed by atoms with van der Waals surface area (Å²) in [6, 6.07) is 7.06. The Labute approximate surface area is 105 Å². The van der Waals surface area contributed by atoms with Crippen molar-refractivity contribution < 1.29 is 10.2 Å². The van der Waals surface area contributed by atoms with E-state index in [-0.39, 0.29) is 12.4 Å². The number of hydrogen-bond donors (Lipinski definition) is 2. The summed E-state index contributed by atoms with van der Waals surface area (Å²) in [5.74, 6) is 0.759. The van der Waals surface area contributed by atoms with Gasteiger partial charge in [-0.05, 0) is 30.5 Å². The quantitative estimate of drug-likeness (QED) is 0.854. The molecule has 0 radical (unpaired) electrons. The van der Waals surface area contributed by atoms with Crippen LogP contribution in [-0.2, 0) is 13.2 Å². The van der Waals surface area contributed by atoms with E-state index in [1.54, 1.807) is 12.1 Å². The molecule has 1 aromatic carbocycles. The molecular formula is C13H15N3O2. The Morgan fingerprint density at radius 3 is 2.56 bits per heavy atom. The van der Waals surface area contributed by atoms with Crippen molar-refractivity contribution in [3.8, 4) is 5.75 Å². The third-order valence-electron chi connectivity index (χ3n) is 3.23. The minimum Gasteiger partial charge on any atom is -0.508 e. The SMILES string of the molecule is OCc1nnn(Cc2ccc(O)cc2)c1C1CC1.